The molecule has 0 aromatic heterocycles. The Morgan fingerprint density at radius 1 is 1.38 bits per heavy atom. The Morgan fingerprint density at radius 3 is 2.31 bits per heavy atom. The first-order chi connectivity index (χ1) is 6.15. The van der Waals surface area contributed by atoms with Gasteiger partial charge >= 0.3 is 0 Å². The minimum Gasteiger partial charge on any atom is -0.497 e. The Hall–Kier alpha value is -1.35. The molecule has 0 spiro atoms. The average Bonchev–Trinajstić information content (AvgIpc) is 2.17. The molecule has 0 heterocycles. The van der Waals surface area contributed by atoms with Crippen LogP contribution in [-0.2, 0) is 0 Å². The fourth-order valence-corrected chi connectivity index (χ4v) is 1.02. The van der Waals surface area contributed by atoms with E-state index in [2.05, 4.69) is 0 Å². The van der Waals surface area contributed by atoms with Gasteiger partial charge in [0, 0.05) is 5.56 Å². The van der Waals surface area contributed by atoms with E-state index < -0.39 is 6.04 Å². The summed E-state index contributed by atoms with van der Waals surface area (Å²) in [5.74, 6) is 0.684. The third-order valence-corrected chi connectivity index (χ3v) is 1.79. The average molecular weight is 179 g/mol. The van der Waals surface area contributed by atoms with Crippen LogP contribution in [0.25, 0.3) is 0 Å². The van der Waals surface area contributed by atoms with Crippen LogP contribution in [0.2, 0.25) is 0 Å². The van der Waals surface area contributed by atoms with Crippen molar-refractivity contribution >= 4 is 5.78 Å². The number of carbonyl (C=O) groups excluding carboxylic acids is 1. The summed E-state index contributed by atoms with van der Waals surface area (Å²) < 4.78 is 4.97. The Morgan fingerprint density at radius 2 is 1.92 bits per heavy atom. The molecule has 1 atom stereocenters. The van der Waals surface area contributed by atoms with Crippen LogP contribution in [0.3, 0.4) is 0 Å². The maximum atomic E-state index is 11.4. The first kappa shape index (κ1) is 9.74. The number of ether oxygens (including phenoxy) is 1. The van der Waals surface area contributed by atoms with Gasteiger partial charge < -0.3 is 10.5 Å². The van der Waals surface area contributed by atoms with Gasteiger partial charge in [0.25, 0.3) is 0 Å². The molecule has 0 aliphatic heterocycles. The first-order valence-electron chi connectivity index (χ1n) is 4.09. The molecule has 0 saturated carbocycles. The van der Waals surface area contributed by atoms with Gasteiger partial charge in [-0.3, -0.25) is 4.79 Å². The van der Waals surface area contributed by atoms with Gasteiger partial charge in [0.1, 0.15) is 5.75 Å². The van der Waals surface area contributed by atoms with Gasteiger partial charge in [0.2, 0.25) is 0 Å². The molecule has 70 valence electrons. The highest BCUT2D eigenvalue weighted by molar-refractivity contribution is 5.99. The van der Waals surface area contributed by atoms with Crippen molar-refractivity contribution in [2.24, 2.45) is 5.73 Å². The minimum atomic E-state index is -0.451. The lowest BCUT2D eigenvalue weighted by molar-refractivity contribution is 0.0968. The zero-order chi connectivity index (χ0) is 9.84. The molecule has 0 amide bonds. The highest BCUT2D eigenvalue weighted by Crippen LogP contribution is 2.12. The van der Waals surface area contributed by atoms with Gasteiger partial charge in [-0.1, -0.05) is 0 Å². The second-order valence-electron chi connectivity index (χ2n) is 2.88. The van der Waals surface area contributed by atoms with Crippen molar-refractivity contribution in [3.05, 3.63) is 29.8 Å². The van der Waals surface area contributed by atoms with Gasteiger partial charge in [-0.15, -0.1) is 0 Å². The smallest absolute Gasteiger partial charge is 0.179 e. The van der Waals surface area contributed by atoms with E-state index in [9.17, 15) is 4.79 Å². The molecule has 2 N–H and O–H groups in total. The number of rotatable bonds is 3. The molecule has 3 nitrogen and oxygen atoms in total. The van der Waals surface area contributed by atoms with E-state index >= 15 is 0 Å². The summed E-state index contributed by atoms with van der Waals surface area (Å²) in [6.45, 7) is 1.67. The lowest BCUT2D eigenvalue weighted by atomic mass is 10.1. The number of hydrogen-bond donors (Lipinski definition) is 1. The standard InChI is InChI=1S/C10H13NO2/c1-7(11)10(12)8-3-5-9(13-2)6-4-8/h3-7H,11H2,1-2H3/t7-/m0/s1. The second-order valence-corrected chi connectivity index (χ2v) is 2.88. The maximum absolute atomic E-state index is 11.4. The van der Waals surface area contributed by atoms with Gasteiger partial charge in [0.15, 0.2) is 5.78 Å². The number of methoxy groups -OCH3 is 1. The number of hydrogen-bond acceptors (Lipinski definition) is 3. The number of carbonyl (C=O) groups is 1. The molecule has 0 radical (unpaired) electrons. The van der Waals surface area contributed by atoms with Crippen molar-refractivity contribution in [1.29, 1.82) is 0 Å². The molecule has 1 rings (SSSR count). The topological polar surface area (TPSA) is 52.3 Å². The maximum Gasteiger partial charge on any atom is 0.179 e. The predicted molar refractivity (Wildman–Crippen MR) is 51.0 cm³/mol. The van der Waals surface area contributed by atoms with Crippen LogP contribution in [0.1, 0.15) is 17.3 Å². The lowest BCUT2D eigenvalue weighted by Crippen LogP contribution is -2.26. The monoisotopic (exact) mass is 179 g/mol. The van der Waals surface area contributed by atoms with Crippen LogP contribution in [-0.4, -0.2) is 18.9 Å². The predicted octanol–water partition coefficient (Wildman–Crippen LogP) is 1.23. The van der Waals surface area contributed by atoms with E-state index in [4.69, 9.17) is 10.5 Å². The summed E-state index contributed by atoms with van der Waals surface area (Å²) in [6, 6.07) is 6.47. The van der Waals surface area contributed by atoms with E-state index in [1.165, 1.54) is 0 Å². The van der Waals surface area contributed by atoms with E-state index in [0.717, 1.165) is 5.75 Å². The van der Waals surface area contributed by atoms with E-state index in [-0.39, 0.29) is 5.78 Å². The van der Waals surface area contributed by atoms with Crippen LogP contribution < -0.4 is 10.5 Å². The Labute approximate surface area is 77.5 Å². The molecular weight excluding hydrogens is 166 g/mol. The van der Waals surface area contributed by atoms with Crippen molar-refractivity contribution in [2.45, 2.75) is 13.0 Å². The zero-order valence-corrected chi connectivity index (χ0v) is 7.78. The highest BCUT2D eigenvalue weighted by atomic mass is 16.5. The number of nitrogens with two attached hydrogens (primary N) is 1. The molecular formula is C10H13NO2. The first-order valence-corrected chi connectivity index (χ1v) is 4.09. The molecule has 1 aromatic carbocycles. The van der Waals surface area contributed by atoms with Crippen molar-refractivity contribution in [3.8, 4) is 5.75 Å². The molecule has 3 heteroatoms. The fourth-order valence-electron chi connectivity index (χ4n) is 1.02. The van der Waals surface area contributed by atoms with E-state index in [1.807, 2.05) is 0 Å². The normalized spacial score (nSPS) is 12.2. The summed E-state index contributed by atoms with van der Waals surface area (Å²) in [5, 5.41) is 0. The fraction of sp³-hybridized carbons (Fsp3) is 0.300. The molecule has 0 saturated heterocycles. The van der Waals surface area contributed by atoms with E-state index in [1.54, 1.807) is 38.3 Å². The third-order valence-electron chi connectivity index (χ3n) is 1.79. The SMILES string of the molecule is COc1ccc(C(=O)[C@H](C)N)cc1. The van der Waals surface area contributed by atoms with Crippen LogP contribution in [0.15, 0.2) is 24.3 Å². The lowest BCUT2D eigenvalue weighted by Gasteiger charge is -2.04. The highest BCUT2D eigenvalue weighted by Gasteiger charge is 2.09. The van der Waals surface area contributed by atoms with E-state index in [0.29, 0.717) is 5.56 Å². The summed E-state index contributed by atoms with van der Waals surface area (Å²) in [4.78, 5) is 11.4. The summed E-state index contributed by atoms with van der Waals surface area (Å²) in [7, 11) is 1.59. The summed E-state index contributed by atoms with van der Waals surface area (Å²) >= 11 is 0. The molecule has 1 aromatic rings. The number of benzene rings is 1. The van der Waals surface area contributed by atoms with Gasteiger partial charge in [0.05, 0.1) is 13.2 Å². The second kappa shape index (κ2) is 4.05. The molecule has 0 unspecified atom stereocenters. The van der Waals surface area contributed by atoms with Crippen molar-refractivity contribution in [2.75, 3.05) is 7.11 Å². The van der Waals surface area contributed by atoms with Gasteiger partial charge in [-0.2, -0.15) is 0 Å². The molecule has 13 heavy (non-hydrogen) atoms. The third kappa shape index (κ3) is 2.29. The van der Waals surface area contributed by atoms with Crippen LogP contribution >= 0.6 is 0 Å². The Balaban J connectivity index is 2.86. The molecule has 0 aliphatic rings. The van der Waals surface area contributed by atoms with Crippen LogP contribution in [0.4, 0.5) is 0 Å². The van der Waals surface area contributed by atoms with Crippen molar-refractivity contribution in [3.63, 3.8) is 0 Å². The molecule has 0 aliphatic carbocycles. The molecule has 0 fully saturated rings. The largest absolute Gasteiger partial charge is 0.497 e. The Kier molecular flexibility index (Phi) is 3.03. The molecule has 0 bridgehead atoms. The van der Waals surface area contributed by atoms with Crippen molar-refractivity contribution in [1.82, 2.24) is 0 Å². The summed E-state index contributed by atoms with van der Waals surface area (Å²) in [6.07, 6.45) is 0. The van der Waals surface area contributed by atoms with Gasteiger partial charge in [-0.25, -0.2) is 0 Å². The Bertz CT molecular complexity index is 290. The van der Waals surface area contributed by atoms with Gasteiger partial charge in [-0.05, 0) is 31.2 Å². The van der Waals surface area contributed by atoms with Crippen LogP contribution in [0, 0.1) is 0 Å². The minimum absolute atomic E-state index is 0.0531. The number of Topliss-reactive ketones (excluding diaryl/α,β-unsaturated/α-hetero) is 1. The van der Waals surface area contributed by atoms with Crippen molar-refractivity contribution < 1.29 is 9.53 Å². The van der Waals surface area contributed by atoms with Crippen LogP contribution in [0.5, 0.6) is 5.75 Å². The zero-order valence-electron chi connectivity index (χ0n) is 7.78. The quantitative estimate of drug-likeness (QED) is 0.710. The number of ketones is 1. The summed E-state index contributed by atoms with van der Waals surface area (Å²) in [5.41, 5.74) is 6.08.